The maximum Gasteiger partial charge on any atom is 0.161 e. The summed E-state index contributed by atoms with van der Waals surface area (Å²) in [5, 5.41) is 2.26. The predicted molar refractivity (Wildman–Crippen MR) is 134 cm³/mol. The molecule has 0 bridgehead atoms. The Morgan fingerprint density at radius 1 is 0.875 bits per heavy atom. The van der Waals surface area contributed by atoms with Crippen molar-refractivity contribution in [2.24, 2.45) is 0 Å². The summed E-state index contributed by atoms with van der Waals surface area (Å²) in [5.74, 6) is 1.61. The largest absolute Gasteiger partial charge is 0.486 e. The fraction of sp³-hybridized carbons (Fsp3) is 0.259. The molecule has 0 amide bonds. The monoisotopic (exact) mass is 446 g/mol. The lowest BCUT2D eigenvalue weighted by Crippen LogP contribution is -2.39. The SMILES string of the molecule is S/C(=C\c1ccc2c(c1)OCCO2)CN(CCCc1ccccc1)NCc1ccccc1. The molecule has 1 N–H and O–H groups in total. The molecule has 5 heteroatoms. The van der Waals surface area contributed by atoms with Crippen molar-refractivity contribution in [2.75, 3.05) is 26.3 Å². The van der Waals surface area contributed by atoms with Crippen molar-refractivity contribution < 1.29 is 9.47 Å². The maximum absolute atomic E-state index is 5.71. The van der Waals surface area contributed by atoms with E-state index in [9.17, 15) is 0 Å². The van der Waals surface area contributed by atoms with Gasteiger partial charge in [-0.2, -0.15) is 0 Å². The summed E-state index contributed by atoms with van der Waals surface area (Å²) < 4.78 is 11.3. The van der Waals surface area contributed by atoms with Gasteiger partial charge in [-0.15, -0.1) is 12.6 Å². The molecule has 0 aromatic heterocycles. The van der Waals surface area contributed by atoms with Crippen LogP contribution in [0, 0.1) is 0 Å². The minimum atomic E-state index is 0.590. The average Bonchev–Trinajstić information content (AvgIpc) is 2.83. The van der Waals surface area contributed by atoms with Crippen LogP contribution < -0.4 is 14.9 Å². The van der Waals surface area contributed by atoms with Crippen LogP contribution in [0.5, 0.6) is 11.5 Å². The van der Waals surface area contributed by atoms with Gasteiger partial charge in [-0.05, 0) is 52.6 Å². The Labute approximate surface area is 196 Å². The molecule has 1 heterocycles. The van der Waals surface area contributed by atoms with E-state index in [4.69, 9.17) is 22.1 Å². The number of benzene rings is 3. The molecule has 0 unspecified atom stereocenters. The standard InChI is InChI=1S/C27H30N2O2S/c32-25(18-24-13-14-26-27(19-24)31-17-16-30-26)21-29(28-20-23-10-5-2-6-11-23)15-7-12-22-8-3-1-4-9-22/h1-6,8-11,13-14,18-19,28,32H,7,12,15-17,20-21H2/b25-18-. The third-order valence-corrected chi connectivity index (χ3v) is 5.61. The van der Waals surface area contributed by atoms with Crippen molar-refractivity contribution in [1.82, 2.24) is 10.4 Å². The number of nitrogens with zero attached hydrogens (tertiary/aromatic N) is 1. The van der Waals surface area contributed by atoms with E-state index in [1.807, 2.05) is 24.3 Å². The minimum Gasteiger partial charge on any atom is -0.486 e. The zero-order valence-corrected chi connectivity index (χ0v) is 19.1. The van der Waals surface area contributed by atoms with Crippen LogP contribution in [0.25, 0.3) is 6.08 Å². The smallest absolute Gasteiger partial charge is 0.161 e. The average molecular weight is 447 g/mol. The highest BCUT2D eigenvalue weighted by Gasteiger charge is 2.12. The highest BCUT2D eigenvalue weighted by Crippen LogP contribution is 2.31. The van der Waals surface area contributed by atoms with Gasteiger partial charge in [-0.1, -0.05) is 66.7 Å². The third kappa shape index (κ3) is 6.89. The van der Waals surface area contributed by atoms with E-state index in [0.29, 0.717) is 13.2 Å². The van der Waals surface area contributed by atoms with E-state index in [0.717, 1.165) is 54.4 Å². The first-order valence-electron chi connectivity index (χ1n) is 11.1. The first kappa shape index (κ1) is 22.5. The van der Waals surface area contributed by atoms with Crippen LogP contribution >= 0.6 is 12.6 Å². The normalized spacial score (nSPS) is 13.4. The van der Waals surface area contributed by atoms with Gasteiger partial charge in [0, 0.05) is 19.6 Å². The molecule has 0 atom stereocenters. The molecule has 3 aromatic carbocycles. The van der Waals surface area contributed by atoms with E-state index in [-0.39, 0.29) is 0 Å². The second-order valence-electron chi connectivity index (χ2n) is 7.87. The molecule has 1 aliphatic rings. The van der Waals surface area contributed by atoms with Crippen molar-refractivity contribution in [3.63, 3.8) is 0 Å². The summed E-state index contributed by atoms with van der Waals surface area (Å²) in [7, 11) is 0. The molecule has 0 saturated heterocycles. The predicted octanol–water partition coefficient (Wildman–Crippen LogP) is 5.37. The van der Waals surface area contributed by atoms with Crippen molar-refractivity contribution >= 4 is 18.7 Å². The van der Waals surface area contributed by atoms with Gasteiger partial charge in [-0.25, -0.2) is 5.01 Å². The Hall–Kier alpha value is -2.73. The fourth-order valence-corrected chi connectivity index (χ4v) is 4.03. The topological polar surface area (TPSA) is 33.7 Å². The number of aryl methyl sites for hydroxylation is 1. The summed E-state index contributed by atoms with van der Waals surface area (Å²) in [6, 6.07) is 27.1. The Morgan fingerprint density at radius 3 is 2.31 bits per heavy atom. The number of rotatable bonds is 10. The molecule has 0 aliphatic carbocycles. The Morgan fingerprint density at radius 2 is 1.56 bits per heavy atom. The first-order valence-corrected chi connectivity index (χ1v) is 11.6. The third-order valence-electron chi connectivity index (χ3n) is 5.34. The zero-order valence-electron chi connectivity index (χ0n) is 18.2. The molecule has 4 rings (SSSR count). The second-order valence-corrected chi connectivity index (χ2v) is 8.44. The lowest BCUT2D eigenvalue weighted by molar-refractivity contribution is 0.171. The number of thiol groups is 1. The van der Waals surface area contributed by atoms with Gasteiger partial charge in [0.05, 0.1) is 0 Å². The van der Waals surface area contributed by atoms with E-state index >= 15 is 0 Å². The van der Waals surface area contributed by atoms with Gasteiger partial charge in [0.1, 0.15) is 13.2 Å². The molecule has 0 fully saturated rings. The molecule has 32 heavy (non-hydrogen) atoms. The lowest BCUT2D eigenvalue weighted by atomic mass is 10.1. The summed E-state index contributed by atoms with van der Waals surface area (Å²) in [6.45, 7) is 3.63. The Bertz CT molecular complexity index is 1010. The fourth-order valence-electron chi connectivity index (χ4n) is 3.71. The first-order chi connectivity index (χ1) is 15.8. The number of hydrogen-bond donors (Lipinski definition) is 2. The minimum absolute atomic E-state index is 0.590. The number of hydrogen-bond acceptors (Lipinski definition) is 5. The molecule has 0 radical (unpaired) electrons. The van der Waals surface area contributed by atoms with E-state index in [2.05, 4.69) is 71.1 Å². The van der Waals surface area contributed by atoms with E-state index in [1.165, 1.54) is 11.1 Å². The van der Waals surface area contributed by atoms with Crippen LogP contribution in [0.2, 0.25) is 0 Å². The van der Waals surface area contributed by atoms with Gasteiger partial charge in [0.2, 0.25) is 0 Å². The van der Waals surface area contributed by atoms with Gasteiger partial charge in [0.15, 0.2) is 11.5 Å². The summed E-state index contributed by atoms with van der Waals surface area (Å²) in [4.78, 5) is 0.988. The summed E-state index contributed by atoms with van der Waals surface area (Å²) in [5.41, 5.74) is 7.28. The molecule has 166 valence electrons. The van der Waals surface area contributed by atoms with Crippen molar-refractivity contribution in [3.8, 4) is 11.5 Å². The molecule has 3 aromatic rings. The molecule has 4 nitrogen and oxygen atoms in total. The maximum atomic E-state index is 5.71. The second kappa shape index (κ2) is 11.8. The molecule has 0 saturated carbocycles. The quantitative estimate of drug-likeness (QED) is 0.324. The van der Waals surface area contributed by atoms with Gasteiger partial charge in [-0.3, -0.25) is 5.43 Å². The highest BCUT2D eigenvalue weighted by atomic mass is 32.1. The molecular weight excluding hydrogens is 416 g/mol. The van der Waals surface area contributed by atoms with Crippen LogP contribution in [-0.4, -0.2) is 31.3 Å². The summed E-state index contributed by atoms with van der Waals surface area (Å²) in [6.07, 6.45) is 4.21. The van der Waals surface area contributed by atoms with Crippen LogP contribution in [-0.2, 0) is 13.0 Å². The number of hydrazine groups is 1. The lowest BCUT2D eigenvalue weighted by Gasteiger charge is -2.24. The van der Waals surface area contributed by atoms with Gasteiger partial charge < -0.3 is 9.47 Å². The van der Waals surface area contributed by atoms with E-state index < -0.39 is 0 Å². The molecular formula is C27H30N2O2S. The number of fused-ring (bicyclic) bond motifs is 1. The van der Waals surface area contributed by atoms with Crippen LogP contribution in [0.15, 0.2) is 83.8 Å². The van der Waals surface area contributed by atoms with Gasteiger partial charge >= 0.3 is 0 Å². The number of nitrogens with one attached hydrogen (secondary N) is 1. The Kier molecular flexibility index (Phi) is 8.26. The summed E-state index contributed by atoms with van der Waals surface area (Å²) >= 11 is 4.79. The van der Waals surface area contributed by atoms with Crippen LogP contribution in [0.1, 0.15) is 23.1 Å². The highest BCUT2D eigenvalue weighted by molar-refractivity contribution is 7.84. The Balaban J connectivity index is 1.38. The van der Waals surface area contributed by atoms with Crippen molar-refractivity contribution in [1.29, 1.82) is 0 Å². The zero-order chi connectivity index (χ0) is 22.0. The van der Waals surface area contributed by atoms with Crippen molar-refractivity contribution in [2.45, 2.75) is 19.4 Å². The van der Waals surface area contributed by atoms with Crippen molar-refractivity contribution in [3.05, 3.63) is 100 Å². The van der Waals surface area contributed by atoms with Gasteiger partial charge in [0.25, 0.3) is 0 Å². The van der Waals surface area contributed by atoms with Crippen LogP contribution in [0.4, 0.5) is 0 Å². The van der Waals surface area contributed by atoms with E-state index in [1.54, 1.807) is 0 Å². The molecule has 1 aliphatic heterocycles. The number of ether oxygens (including phenoxy) is 2. The van der Waals surface area contributed by atoms with Crippen LogP contribution in [0.3, 0.4) is 0 Å². The molecule has 0 spiro atoms.